The number of benzene rings is 2. The summed E-state index contributed by atoms with van der Waals surface area (Å²) in [5, 5.41) is 5.29. The lowest BCUT2D eigenvalue weighted by Crippen LogP contribution is -2.36. The summed E-state index contributed by atoms with van der Waals surface area (Å²) in [6.07, 6.45) is 0. The number of amides is 3. The first-order valence-electron chi connectivity index (χ1n) is 9.03. The molecule has 2 N–H and O–H groups in total. The molecule has 0 heterocycles. The fraction of sp³-hybridized carbons (Fsp3) is 0.238. The minimum Gasteiger partial charge on any atom is -0.462 e. The van der Waals surface area contributed by atoms with E-state index in [0.717, 1.165) is 0 Å². The lowest BCUT2D eigenvalue weighted by atomic mass is 10.1. The van der Waals surface area contributed by atoms with Crippen molar-refractivity contribution >= 4 is 40.8 Å². The van der Waals surface area contributed by atoms with Crippen LogP contribution in [0.2, 0.25) is 0 Å². The first-order valence-corrected chi connectivity index (χ1v) is 9.03. The molecule has 0 aliphatic heterocycles. The number of para-hydroxylation sites is 1. The Bertz CT molecular complexity index is 909. The lowest BCUT2D eigenvalue weighted by molar-refractivity contribution is -0.120. The Labute approximate surface area is 168 Å². The molecule has 0 saturated heterocycles. The molecule has 2 aromatic rings. The van der Waals surface area contributed by atoms with Crippen LogP contribution in [0, 0.1) is 0 Å². The largest absolute Gasteiger partial charge is 0.462 e. The minimum atomic E-state index is -0.541. The van der Waals surface area contributed by atoms with Crippen molar-refractivity contribution in [2.24, 2.45) is 0 Å². The van der Waals surface area contributed by atoms with Crippen LogP contribution in [0.1, 0.15) is 31.1 Å². The molecule has 0 bridgehead atoms. The number of rotatable bonds is 7. The van der Waals surface area contributed by atoms with Crippen LogP contribution >= 0.6 is 0 Å². The van der Waals surface area contributed by atoms with E-state index in [0.29, 0.717) is 17.1 Å². The van der Waals surface area contributed by atoms with Gasteiger partial charge in [-0.05, 0) is 43.3 Å². The number of nitrogens with one attached hydrogen (secondary N) is 2. The molecule has 29 heavy (non-hydrogen) atoms. The molecular formula is C21H23N3O5. The van der Waals surface area contributed by atoms with E-state index in [2.05, 4.69) is 10.6 Å². The summed E-state index contributed by atoms with van der Waals surface area (Å²) in [5.41, 5.74) is 1.62. The zero-order chi connectivity index (χ0) is 21.4. The topological polar surface area (TPSA) is 105 Å². The molecular weight excluding hydrogens is 374 g/mol. The standard InChI is InChI=1S/C21H23N3O5/c1-4-29-21(28)18-7-5-6-8-19(18)23-20(27)13-24(15(3)26)17-11-9-16(10-12-17)22-14(2)25/h5-12H,4,13H2,1-3H3,(H,22,25)(H,23,27). The molecule has 152 valence electrons. The molecule has 0 unspecified atom stereocenters. The van der Waals surface area contributed by atoms with Gasteiger partial charge in [-0.1, -0.05) is 12.1 Å². The average molecular weight is 397 g/mol. The van der Waals surface area contributed by atoms with Crippen LogP contribution in [-0.4, -0.2) is 36.8 Å². The SMILES string of the molecule is CCOC(=O)c1ccccc1NC(=O)CN(C(C)=O)c1ccc(NC(C)=O)cc1. The van der Waals surface area contributed by atoms with Gasteiger partial charge >= 0.3 is 5.97 Å². The molecule has 2 rings (SSSR count). The molecule has 0 spiro atoms. The smallest absolute Gasteiger partial charge is 0.340 e. The summed E-state index contributed by atoms with van der Waals surface area (Å²) in [5.74, 6) is -1.55. The third kappa shape index (κ3) is 6.17. The van der Waals surface area contributed by atoms with Crippen molar-refractivity contribution in [1.82, 2.24) is 0 Å². The van der Waals surface area contributed by atoms with Gasteiger partial charge in [0.2, 0.25) is 17.7 Å². The molecule has 0 atom stereocenters. The molecule has 0 aromatic heterocycles. The molecule has 2 aromatic carbocycles. The van der Waals surface area contributed by atoms with Crippen molar-refractivity contribution in [1.29, 1.82) is 0 Å². The second kappa shape index (κ2) is 10.0. The van der Waals surface area contributed by atoms with Gasteiger partial charge in [-0.2, -0.15) is 0 Å². The Morgan fingerprint density at radius 2 is 1.59 bits per heavy atom. The second-order valence-corrected chi connectivity index (χ2v) is 6.15. The van der Waals surface area contributed by atoms with Crippen LogP contribution < -0.4 is 15.5 Å². The van der Waals surface area contributed by atoms with Gasteiger partial charge in [0.05, 0.1) is 17.9 Å². The summed E-state index contributed by atoms with van der Waals surface area (Å²) in [6, 6.07) is 13.0. The van der Waals surface area contributed by atoms with Crippen LogP contribution in [0.15, 0.2) is 48.5 Å². The van der Waals surface area contributed by atoms with Gasteiger partial charge in [0.25, 0.3) is 0 Å². The van der Waals surface area contributed by atoms with Gasteiger partial charge in [0.1, 0.15) is 6.54 Å². The fourth-order valence-electron chi connectivity index (χ4n) is 2.62. The van der Waals surface area contributed by atoms with Gasteiger partial charge in [-0.25, -0.2) is 4.79 Å². The maximum Gasteiger partial charge on any atom is 0.340 e. The predicted octanol–water partition coefficient (Wildman–Crippen LogP) is 2.81. The maximum atomic E-state index is 12.5. The van der Waals surface area contributed by atoms with Crippen LogP contribution in [0.3, 0.4) is 0 Å². The Balaban J connectivity index is 2.14. The number of carbonyl (C=O) groups is 4. The van der Waals surface area contributed by atoms with E-state index >= 15 is 0 Å². The number of nitrogens with zero attached hydrogens (tertiary/aromatic N) is 1. The first-order chi connectivity index (χ1) is 13.8. The van der Waals surface area contributed by atoms with Gasteiger partial charge in [-0.15, -0.1) is 0 Å². The van der Waals surface area contributed by atoms with Crippen LogP contribution in [0.5, 0.6) is 0 Å². The molecule has 8 nitrogen and oxygen atoms in total. The van der Waals surface area contributed by atoms with Crippen molar-refractivity contribution in [2.45, 2.75) is 20.8 Å². The number of carbonyl (C=O) groups excluding carboxylic acids is 4. The third-order valence-electron chi connectivity index (χ3n) is 3.88. The van der Waals surface area contributed by atoms with Crippen molar-refractivity contribution in [3.8, 4) is 0 Å². The highest BCUT2D eigenvalue weighted by atomic mass is 16.5. The number of anilines is 3. The number of hydrogen-bond acceptors (Lipinski definition) is 5. The summed E-state index contributed by atoms with van der Waals surface area (Å²) >= 11 is 0. The van der Waals surface area contributed by atoms with E-state index in [1.807, 2.05) is 0 Å². The van der Waals surface area contributed by atoms with E-state index < -0.39 is 11.9 Å². The second-order valence-electron chi connectivity index (χ2n) is 6.15. The van der Waals surface area contributed by atoms with Crippen LogP contribution in [-0.2, 0) is 19.1 Å². The highest BCUT2D eigenvalue weighted by molar-refractivity contribution is 6.05. The summed E-state index contributed by atoms with van der Waals surface area (Å²) in [6.45, 7) is 4.41. The molecule has 0 saturated carbocycles. The summed E-state index contributed by atoms with van der Waals surface area (Å²) in [7, 11) is 0. The van der Waals surface area contributed by atoms with E-state index in [1.54, 1.807) is 55.5 Å². The van der Waals surface area contributed by atoms with Crippen molar-refractivity contribution in [3.05, 3.63) is 54.1 Å². The number of ether oxygens (including phenoxy) is 1. The van der Waals surface area contributed by atoms with Gasteiger partial charge in [0, 0.05) is 25.2 Å². The minimum absolute atomic E-state index is 0.208. The predicted molar refractivity (Wildman–Crippen MR) is 110 cm³/mol. The number of hydrogen-bond donors (Lipinski definition) is 2. The quantitative estimate of drug-likeness (QED) is 0.699. The van der Waals surface area contributed by atoms with Gasteiger partial charge < -0.3 is 20.3 Å². The van der Waals surface area contributed by atoms with E-state index in [9.17, 15) is 19.2 Å². The van der Waals surface area contributed by atoms with Crippen molar-refractivity contribution < 1.29 is 23.9 Å². The van der Waals surface area contributed by atoms with Crippen LogP contribution in [0.25, 0.3) is 0 Å². The van der Waals surface area contributed by atoms with Gasteiger partial charge in [0.15, 0.2) is 0 Å². The average Bonchev–Trinajstić information content (AvgIpc) is 2.67. The molecule has 0 radical (unpaired) electrons. The maximum absolute atomic E-state index is 12.5. The summed E-state index contributed by atoms with van der Waals surface area (Å²) in [4.78, 5) is 49.0. The zero-order valence-electron chi connectivity index (χ0n) is 16.5. The molecule has 8 heteroatoms. The monoisotopic (exact) mass is 397 g/mol. The lowest BCUT2D eigenvalue weighted by Gasteiger charge is -2.21. The Kier molecular flexibility index (Phi) is 7.47. The Morgan fingerprint density at radius 3 is 2.17 bits per heavy atom. The van der Waals surface area contributed by atoms with Crippen molar-refractivity contribution in [3.63, 3.8) is 0 Å². The molecule has 0 aliphatic rings. The molecule has 0 fully saturated rings. The van der Waals surface area contributed by atoms with E-state index in [1.165, 1.54) is 18.7 Å². The van der Waals surface area contributed by atoms with Crippen molar-refractivity contribution in [2.75, 3.05) is 28.7 Å². The van der Waals surface area contributed by atoms with Gasteiger partial charge in [-0.3, -0.25) is 14.4 Å². The highest BCUT2D eigenvalue weighted by Gasteiger charge is 2.18. The Hall–Kier alpha value is -3.68. The number of esters is 1. The Morgan fingerprint density at radius 1 is 0.931 bits per heavy atom. The highest BCUT2D eigenvalue weighted by Crippen LogP contribution is 2.20. The molecule has 0 aliphatic carbocycles. The molecule has 3 amide bonds. The zero-order valence-corrected chi connectivity index (χ0v) is 16.5. The normalized spacial score (nSPS) is 10.0. The fourth-order valence-corrected chi connectivity index (χ4v) is 2.62. The first kappa shape index (κ1) is 21.6. The summed E-state index contributed by atoms with van der Waals surface area (Å²) < 4.78 is 4.99. The van der Waals surface area contributed by atoms with E-state index in [-0.39, 0.29) is 30.5 Å². The third-order valence-corrected chi connectivity index (χ3v) is 3.88. The van der Waals surface area contributed by atoms with Crippen LogP contribution in [0.4, 0.5) is 17.1 Å². The van der Waals surface area contributed by atoms with E-state index in [4.69, 9.17) is 4.74 Å².